The first-order valence-electron chi connectivity index (χ1n) is 6.31. The molecule has 0 saturated heterocycles. The number of hydrogen-bond acceptors (Lipinski definition) is 0. The zero-order valence-corrected chi connectivity index (χ0v) is 11.6. The fraction of sp³-hybridized carbons (Fsp3) is 0.250. The third-order valence-corrected chi connectivity index (χ3v) is 4.04. The van der Waals surface area contributed by atoms with E-state index in [2.05, 4.69) is 24.3 Å². The average molecular weight is 277 g/mol. The first-order chi connectivity index (χ1) is 8.74. The normalized spacial score (nSPS) is 14.3. The summed E-state index contributed by atoms with van der Waals surface area (Å²) in [7, 11) is 0. The van der Waals surface area contributed by atoms with E-state index in [1.54, 1.807) is 0 Å². The maximum Gasteiger partial charge on any atom is 0.0409 e. The smallest absolute Gasteiger partial charge is 0.0409 e. The van der Waals surface area contributed by atoms with Crippen molar-refractivity contribution in [1.29, 1.82) is 0 Å². The molecule has 0 amide bonds. The Bertz CT molecular complexity index is 534. The molecule has 0 atom stereocenters. The van der Waals surface area contributed by atoms with Crippen molar-refractivity contribution in [3.63, 3.8) is 0 Å². The quantitative estimate of drug-likeness (QED) is 0.593. The highest BCUT2D eigenvalue weighted by molar-refractivity contribution is 6.31. The van der Waals surface area contributed by atoms with E-state index in [-0.39, 0.29) is 0 Å². The molecule has 2 aromatic rings. The van der Waals surface area contributed by atoms with Crippen LogP contribution < -0.4 is 0 Å². The Morgan fingerprint density at radius 1 is 0.667 bits per heavy atom. The van der Waals surface area contributed by atoms with E-state index in [1.165, 1.54) is 35.1 Å². The van der Waals surface area contributed by atoms with Crippen LogP contribution in [0.25, 0.3) is 11.1 Å². The highest BCUT2D eigenvalue weighted by Crippen LogP contribution is 2.34. The molecule has 0 N–H and O–H groups in total. The van der Waals surface area contributed by atoms with E-state index >= 15 is 0 Å². The first kappa shape index (κ1) is 12.1. The molecule has 2 heteroatoms. The lowest BCUT2D eigenvalue weighted by atomic mass is 9.88. The fourth-order valence-electron chi connectivity index (χ4n) is 2.69. The largest absolute Gasteiger partial charge is 0.0843 e. The van der Waals surface area contributed by atoms with Crippen LogP contribution in [0, 0.1) is 0 Å². The predicted molar refractivity (Wildman–Crippen MR) is 78.5 cm³/mol. The fourth-order valence-corrected chi connectivity index (χ4v) is 3.08. The van der Waals surface area contributed by atoms with Crippen LogP contribution >= 0.6 is 23.2 Å². The molecule has 0 radical (unpaired) electrons. The SMILES string of the molecule is Clc1ccc2c(c1)CCCCc1cc(Cl)ccc1-2. The average Bonchev–Trinajstić information content (AvgIpc) is 2.33. The van der Waals surface area contributed by atoms with Crippen LogP contribution in [0.1, 0.15) is 24.0 Å². The van der Waals surface area contributed by atoms with Crippen LogP contribution in [0.15, 0.2) is 36.4 Å². The van der Waals surface area contributed by atoms with Crippen LogP contribution in [0.5, 0.6) is 0 Å². The minimum Gasteiger partial charge on any atom is -0.0843 e. The van der Waals surface area contributed by atoms with Gasteiger partial charge in [-0.3, -0.25) is 0 Å². The standard InChI is InChI=1S/C16H14Cl2/c17-13-5-7-15-11(9-13)3-1-2-4-12-10-14(18)6-8-16(12)15/h5-10H,1-4H2. The number of fused-ring (bicyclic) bond motifs is 3. The molecule has 18 heavy (non-hydrogen) atoms. The van der Waals surface area contributed by atoms with Crippen LogP contribution in [-0.2, 0) is 12.8 Å². The van der Waals surface area contributed by atoms with Crippen molar-refractivity contribution >= 4 is 23.2 Å². The molecule has 0 fully saturated rings. The summed E-state index contributed by atoms with van der Waals surface area (Å²) >= 11 is 12.2. The lowest BCUT2D eigenvalue weighted by Crippen LogP contribution is -2.00. The highest BCUT2D eigenvalue weighted by Gasteiger charge is 2.13. The number of halogens is 2. The lowest BCUT2D eigenvalue weighted by molar-refractivity contribution is 0.729. The molecule has 92 valence electrons. The molecule has 0 aliphatic heterocycles. The summed E-state index contributed by atoms with van der Waals surface area (Å²) in [6.45, 7) is 0. The van der Waals surface area contributed by atoms with Gasteiger partial charge in [0.15, 0.2) is 0 Å². The maximum absolute atomic E-state index is 6.10. The van der Waals surface area contributed by atoms with E-state index in [1.807, 2.05) is 12.1 Å². The number of aryl methyl sites for hydroxylation is 2. The molecular weight excluding hydrogens is 263 g/mol. The predicted octanol–water partition coefficient (Wildman–Crippen LogP) is 5.54. The Kier molecular flexibility index (Phi) is 3.32. The van der Waals surface area contributed by atoms with Gasteiger partial charge in [0.25, 0.3) is 0 Å². The molecule has 0 aromatic heterocycles. The van der Waals surface area contributed by atoms with Crippen LogP contribution in [0.4, 0.5) is 0 Å². The Morgan fingerprint density at radius 3 is 1.56 bits per heavy atom. The van der Waals surface area contributed by atoms with Gasteiger partial charge in [0.2, 0.25) is 0 Å². The topological polar surface area (TPSA) is 0 Å². The lowest BCUT2D eigenvalue weighted by Gasteiger charge is -2.18. The highest BCUT2D eigenvalue weighted by atomic mass is 35.5. The number of hydrogen-bond donors (Lipinski definition) is 0. The molecule has 0 bridgehead atoms. The molecular formula is C16H14Cl2. The second-order valence-corrected chi connectivity index (χ2v) is 5.68. The summed E-state index contributed by atoms with van der Waals surface area (Å²) in [5.41, 5.74) is 5.33. The third kappa shape index (κ3) is 2.28. The van der Waals surface area contributed by atoms with Gasteiger partial charge in [-0.25, -0.2) is 0 Å². The van der Waals surface area contributed by atoms with Gasteiger partial charge in [-0.15, -0.1) is 0 Å². The Labute approximate surface area is 118 Å². The Balaban J connectivity index is 2.22. The van der Waals surface area contributed by atoms with Gasteiger partial charge < -0.3 is 0 Å². The molecule has 3 rings (SSSR count). The minimum atomic E-state index is 0.824. The van der Waals surface area contributed by atoms with Crippen molar-refractivity contribution in [2.75, 3.05) is 0 Å². The van der Waals surface area contributed by atoms with Crippen LogP contribution in [-0.4, -0.2) is 0 Å². The van der Waals surface area contributed by atoms with E-state index in [0.717, 1.165) is 22.9 Å². The summed E-state index contributed by atoms with van der Waals surface area (Å²) in [6, 6.07) is 12.4. The van der Waals surface area contributed by atoms with Crippen molar-refractivity contribution in [2.24, 2.45) is 0 Å². The molecule has 0 saturated carbocycles. The first-order valence-corrected chi connectivity index (χ1v) is 7.07. The van der Waals surface area contributed by atoms with Crippen LogP contribution in [0.3, 0.4) is 0 Å². The van der Waals surface area contributed by atoms with Gasteiger partial charge >= 0.3 is 0 Å². The molecule has 1 aliphatic rings. The molecule has 0 spiro atoms. The summed E-state index contributed by atoms with van der Waals surface area (Å²) in [6.07, 6.45) is 4.63. The third-order valence-electron chi connectivity index (χ3n) is 3.57. The Morgan fingerprint density at radius 2 is 1.11 bits per heavy atom. The van der Waals surface area contributed by atoms with Crippen LogP contribution in [0.2, 0.25) is 10.0 Å². The van der Waals surface area contributed by atoms with E-state index in [9.17, 15) is 0 Å². The van der Waals surface area contributed by atoms with Gasteiger partial charge in [0.1, 0.15) is 0 Å². The summed E-state index contributed by atoms with van der Waals surface area (Å²) in [5.74, 6) is 0. The Hall–Kier alpha value is -0.980. The van der Waals surface area contributed by atoms with Crippen molar-refractivity contribution in [2.45, 2.75) is 25.7 Å². The zero-order valence-electron chi connectivity index (χ0n) is 10.0. The monoisotopic (exact) mass is 276 g/mol. The van der Waals surface area contributed by atoms with Crippen molar-refractivity contribution in [3.8, 4) is 11.1 Å². The van der Waals surface area contributed by atoms with E-state index in [4.69, 9.17) is 23.2 Å². The van der Waals surface area contributed by atoms with Gasteiger partial charge in [-0.2, -0.15) is 0 Å². The second-order valence-electron chi connectivity index (χ2n) is 4.81. The van der Waals surface area contributed by atoms with Crippen molar-refractivity contribution in [1.82, 2.24) is 0 Å². The van der Waals surface area contributed by atoms with Crippen molar-refractivity contribution < 1.29 is 0 Å². The maximum atomic E-state index is 6.10. The van der Waals surface area contributed by atoms with Crippen molar-refractivity contribution in [3.05, 3.63) is 57.6 Å². The van der Waals surface area contributed by atoms with Gasteiger partial charge in [0, 0.05) is 10.0 Å². The van der Waals surface area contributed by atoms with Gasteiger partial charge in [-0.05, 0) is 72.2 Å². The molecule has 0 heterocycles. The number of benzene rings is 2. The van der Waals surface area contributed by atoms with E-state index in [0.29, 0.717) is 0 Å². The molecule has 2 aromatic carbocycles. The summed E-state index contributed by atoms with van der Waals surface area (Å²) < 4.78 is 0. The molecule has 1 aliphatic carbocycles. The number of rotatable bonds is 0. The molecule has 0 unspecified atom stereocenters. The minimum absolute atomic E-state index is 0.824. The summed E-state index contributed by atoms with van der Waals surface area (Å²) in [4.78, 5) is 0. The van der Waals surface area contributed by atoms with E-state index < -0.39 is 0 Å². The second kappa shape index (κ2) is 4.95. The summed E-state index contributed by atoms with van der Waals surface area (Å²) in [5, 5.41) is 1.65. The molecule has 0 nitrogen and oxygen atoms in total. The van der Waals surface area contributed by atoms with Gasteiger partial charge in [-0.1, -0.05) is 35.3 Å². The zero-order chi connectivity index (χ0) is 12.5. The van der Waals surface area contributed by atoms with Gasteiger partial charge in [0.05, 0.1) is 0 Å².